The van der Waals surface area contributed by atoms with Crippen molar-refractivity contribution < 1.29 is 9.59 Å². The van der Waals surface area contributed by atoms with Crippen LogP contribution in [0.2, 0.25) is 20.1 Å². The summed E-state index contributed by atoms with van der Waals surface area (Å²) in [7, 11) is 0. The first-order chi connectivity index (χ1) is 16.3. The molecule has 0 unspecified atom stereocenters. The zero-order chi connectivity index (χ0) is 24.7. The third kappa shape index (κ3) is 6.89. The van der Waals surface area contributed by atoms with Gasteiger partial charge < -0.3 is 10.2 Å². The number of rotatable bonds is 9. The molecular formula is C26H24Cl4N2O2. The number of hydrogen-bond donors (Lipinski definition) is 1. The summed E-state index contributed by atoms with van der Waals surface area (Å²) in [5.74, 6) is -0.544. The van der Waals surface area contributed by atoms with Gasteiger partial charge >= 0.3 is 0 Å². The summed E-state index contributed by atoms with van der Waals surface area (Å²) in [5, 5.41) is 4.56. The van der Waals surface area contributed by atoms with E-state index in [1.165, 1.54) is 4.90 Å². The fourth-order valence-electron chi connectivity index (χ4n) is 3.63. The zero-order valence-electron chi connectivity index (χ0n) is 18.5. The fourth-order valence-corrected chi connectivity index (χ4v) is 4.62. The van der Waals surface area contributed by atoms with Crippen molar-refractivity contribution in [2.75, 3.05) is 6.54 Å². The molecule has 178 valence electrons. The molecular weight excluding hydrogens is 514 g/mol. The van der Waals surface area contributed by atoms with Gasteiger partial charge in [-0.15, -0.1) is 0 Å². The highest BCUT2D eigenvalue weighted by atomic mass is 35.5. The van der Waals surface area contributed by atoms with Crippen LogP contribution in [0.1, 0.15) is 23.6 Å². The number of carbonyl (C=O) groups is 2. The van der Waals surface area contributed by atoms with Crippen molar-refractivity contribution in [1.29, 1.82) is 0 Å². The second kappa shape index (κ2) is 12.5. The van der Waals surface area contributed by atoms with Gasteiger partial charge in [-0.2, -0.15) is 0 Å². The van der Waals surface area contributed by atoms with Gasteiger partial charge in [-0.3, -0.25) is 9.59 Å². The highest BCUT2D eigenvalue weighted by molar-refractivity contribution is 6.36. The van der Waals surface area contributed by atoms with Crippen molar-refractivity contribution in [1.82, 2.24) is 10.2 Å². The maximum atomic E-state index is 13.7. The van der Waals surface area contributed by atoms with Crippen LogP contribution in [0.3, 0.4) is 0 Å². The van der Waals surface area contributed by atoms with E-state index < -0.39 is 6.04 Å². The maximum absolute atomic E-state index is 13.7. The summed E-state index contributed by atoms with van der Waals surface area (Å²) in [4.78, 5) is 28.4. The molecule has 4 nitrogen and oxygen atoms in total. The van der Waals surface area contributed by atoms with Crippen molar-refractivity contribution in [3.8, 4) is 0 Å². The Bertz CT molecular complexity index is 1130. The minimum Gasteiger partial charge on any atom is -0.355 e. The van der Waals surface area contributed by atoms with E-state index in [9.17, 15) is 9.59 Å². The average Bonchev–Trinajstić information content (AvgIpc) is 2.80. The molecule has 0 spiro atoms. The molecule has 3 aromatic rings. The van der Waals surface area contributed by atoms with Crippen molar-refractivity contribution in [3.63, 3.8) is 0 Å². The summed E-state index contributed by atoms with van der Waals surface area (Å²) in [6.07, 6.45) is 0.317. The molecule has 34 heavy (non-hydrogen) atoms. The summed E-state index contributed by atoms with van der Waals surface area (Å²) in [6, 6.07) is 18.9. The van der Waals surface area contributed by atoms with Crippen LogP contribution < -0.4 is 5.32 Å². The fraction of sp³-hybridized carbons (Fsp3) is 0.231. The number of likely N-dealkylation sites (N-methyl/N-ethyl adjacent to an activating group) is 1. The number of hydrogen-bond acceptors (Lipinski definition) is 2. The van der Waals surface area contributed by atoms with Crippen molar-refractivity contribution in [2.24, 2.45) is 0 Å². The van der Waals surface area contributed by atoms with Crippen LogP contribution >= 0.6 is 46.4 Å². The Morgan fingerprint density at radius 3 is 2.18 bits per heavy atom. The lowest BCUT2D eigenvalue weighted by molar-refractivity contribution is -0.140. The Kier molecular flexibility index (Phi) is 9.66. The predicted molar refractivity (Wildman–Crippen MR) is 140 cm³/mol. The number of amides is 2. The third-order valence-corrected chi connectivity index (χ3v) is 6.66. The molecule has 8 heteroatoms. The van der Waals surface area contributed by atoms with Crippen molar-refractivity contribution in [2.45, 2.75) is 32.4 Å². The molecule has 0 saturated carbocycles. The normalized spacial score (nSPS) is 11.7. The predicted octanol–water partition coefficient (Wildman–Crippen LogP) is 6.62. The first-order valence-electron chi connectivity index (χ1n) is 10.8. The first kappa shape index (κ1) is 26.4. The van der Waals surface area contributed by atoms with E-state index in [-0.39, 0.29) is 24.8 Å². The van der Waals surface area contributed by atoms with Crippen LogP contribution in [0.5, 0.6) is 0 Å². The lowest BCUT2D eigenvalue weighted by atomic mass is 10.0. The zero-order valence-corrected chi connectivity index (χ0v) is 21.6. The third-order valence-electron chi connectivity index (χ3n) is 5.37. The quantitative estimate of drug-likeness (QED) is 0.333. The van der Waals surface area contributed by atoms with Gasteiger partial charge in [0.05, 0.1) is 6.42 Å². The Labute approximate surface area is 219 Å². The standard InChI is InChI=1S/C26H24Cl4N2O2/c1-2-31-26(34)24(13-17-7-4-3-5-8-17)32(16-20-21(28)9-6-10-22(20)29)25(33)14-18-11-12-19(27)15-23(18)30/h3-12,15,24H,2,13-14,16H2,1H3,(H,31,34)/t24-/m1/s1. The molecule has 0 bridgehead atoms. The highest BCUT2D eigenvalue weighted by Crippen LogP contribution is 2.28. The van der Waals surface area contributed by atoms with Crippen LogP contribution in [-0.2, 0) is 29.0 Å². The average molecular weight is 538 g/mol. The van der Waals surface area contributed by atoms with Gasteiger partial charge in [-0.05, 0) is 42.3 Å². The molecule has 1 N–H and O–H groups in total. The molecule has 3 aromatic carbocycles. The Morgan fingerprint density at radius 1 is 0.882 bits per heavy atom. The van der Waals surface area contributed by atoms with Crippen LogP contribution in [0.4, 0.5) is 0 Å². The van der Waals surface area contributed by atoms with E-state index in [1.807, 2.05) is 37.3 Å². The van der Waals surface area contributed by atoms with Gasteiger partial charge in [0.15, 0.2) is 0 Å². The Morgan fingerprint density at radius 2 is 1.56 bits per heavy atom. The minimum absolute atomic E-state index is 0.0111. The molecule has 0 aromatic heterocycles. The van der Waals surface area contributed by atoms with Gasteiger partial charge in [-0.25, -0.2) is 0 Å². The van der Waals surface area contributed by atoms with E-state index in [0.29, 0.717) is 44.2 Å². The topological polar surface area (TPSA) is 49.4 Å². The maximum Gasteiger partial charge on any atom is 0.243 e. The molecule has 1 atom stereocenters. The largest absolute Gasteiger partial charge is 0.355 e. The second-order valence-corrected chi connectivity index (χ2v) is 9.39. The Hall–Kier alpha value is -2.24. The van der Waals surface area contributed by atoms with Gasteiger partial charge in [0.2, 0.25) is 11.8 Å². The number of nitrogens with one attached hydrogen (secondary N) is 1. The molecule has 0 heterocycles. The van der Waals surface area contributed by atoms with Gasteiger partial charge in [-0.1, -0.05) is 88.9 Å². The molecule has 0 aliphatic heterocycles. The number of halogens is 4. The van der Waals surface area contributed by atoms with Crippen LogP contribution in [0, 0.1) is 0 Å². The van der Waals surface area contributed by atoms with E-state index in [4.69, 9.17) is 46.4 Å². The van der Waals surface area contributed by atoms with Crippen molar-refractivity contribution >= 4 is 58.2 Å². The van der Waals surface area contributed by atoms with E-state index in [1.54, 1.807) is 36.4 Å². The van der Waals surface area contributed by atoms with Crippen LogP contribution in [0.25, 0.3) is 0 Å². The highest BCUT2D eigenvalue weighted by Gasteiger charge is 2.31. The molecule has 0 saturated heterocycles. The second-order valence-electron chi connectivity index (χ2n) is 7.73. The van der Waals surface area contributed by atoms with Crippen molar-refractivity contribution in [3.05, 3.63) is 104 Å². The molecule has 0 aliphatic carbocycles. The molecule has 3 rings (SSSR count). The lowest BCUT2D eigenvalue weighted by Crippen LogP contribution is -2.51. The lowest BCUT2D eigenvalue weighted by Gasteiger charge is -2.32. The van der Waals surface area contributed by atoms with E-state index in [2.05, 4.69) is 5.32 Å². The number of benzene rings is 3. The monoisotopic (exact) mass is 536 g/mol. The SMILES string of the molecule is CCNC(=O)[C@@H](Cc1ccccc1)N(Cc1c(Cl)cccc1Cl)C(=O)Cc1ccc(Cl)cc1Cl. The first-order valence-corrected chi connectivity index (χ1v) is 12.3. The molecule has 0 fully saturated rings. The van der Waals surface area contributed by atoms with Gasteiger partial charge in [0.25, 0.3) is 0 Å². The van der Waals surface area contributed by atoms with E-state index >= 15 is 0 Å². The Balaban J connectivity index is 2.02. The van der Waals surface area contributed by atoms with E-state index in [0.717, 1.165) is 5.56 Å². The summed E-state index contributed by atoms with van der Waals surface area (Å²) < 4.78 is 0. The minimum atomic E-state index is -0.784. The van der Waals surface area contributed by atoms with Crippen LogP contribution in [0.15, 0.2) is 66.7 Å². The molecule has 2 amide bonds. The number of nitrogens with zero attached hydrogens (tertiary/aromatic N) is 1. The van der Waals surface area contributed by atoms with Crippen LogP contribution in [-0.4, -0.2) is 29.3 Å². The molecule has 0 aliphatic rings. The van der Waals surface area contributed by atoms with Gasteiger partial charge in [0, 0.05) is 45.2 Å². The summed E-state index contributed by atoms with van der Waals surface area (Å²) >= 11 is 25.2. The summed E-state index contributed by atoms with van der Waals surface area (Å²) in [5.41, 5.74) is 2.11. The summed E-state index contributed by atoms with van der Waals surface area (Å²) in [6.45, 7) is 2.33. The molecule has 0 radical (unpaired) electrons. The number of carbonyl (C=O) groups excluding carboxylic acids is 2. The van der Waals surface area contributed by atoms with Gasteiger partial charge in [0.1, 0.15) is 6.04 Å². The smallest absolute Gasteiger partial charge is 0.243 e.